The van der Waals surface area contributed by atoms with Crippen molar-refractivity contribution in [2.75, 3.05) is 6.61 Å². The molecule has 2 fully saturated rings. The summed E-state index contributed by atoms with van der Waals surface area (Å²) >= 11 is 0. The van der Waals surface area contributed by atoms with Crippen molar-refractivity contribution in [2.24, 2.45) is 17.8 Å². The van der Waals surface area contributed by atoms with E-state index in [1.165, 1.54) is 45.4 Å². The zero-order chi connectivity index (χ0) is 18.8. The Morgan fingerprint density at radius 3 is 2.48 bits per heavy atom. The maximum atomic E-state index is 11.1. The Balaban J connectivity index is 1.58. The van der Waals surface area contributed by atoms with Crippen molar-refractivity contribution in [2.45, 2.75) is 45.4 Å². The molecule has 2 saturated carbocycles. The molecule has 3 nitrogen and oxygen atoms in total. The zero-order valence-electron chi connectivity index (χ0n) is 16.0. The molecule has 0 spiro atoms. The number of allylic oxidation sites excluding steroid dienone is 1. The van der Waals surface area contributed by atoms with E-state index in [9.17, 15) is 9.90 Å². The van der Waals surface area contributed by atoms with Crippen LogP contribution in [0.5, 0.6) is 5.75 Å². The third kappa shape index (κ3) is 4.24. The van der Waals surface area contributed by atoms with Gasteiger partial charge in [-0.1, -0.05) is 43.5 Å². The summed E-state index contributed by atoms with van der Waals surface area (Å²) in [6.45, 7) is 1.48. The molecule has 2 unspecified atom stereocenters. The highest BCUT2D eigenvalue weighted by Gasteiger charge is 2.30. The van der Waals surface area contributed by atoms with Gasteiger partial charge in [-0.05, 0) is 77.1 Å². The normalized spacial score (nSPS) is 25.4. The van der Waals surface area contributed by atoms with E-state index in [1.54, 1.807) is 0 Å². The van der Waals surface area contributed by atoms with Crippen molar-refractivity contribution in [3.8, 4) is 5.75 Å². The molecule has 2 aromatic carbocycles. The largest absolute Gasteiger partial charge is 0.427 e. The number of carbonyl (C=O) groups is 1. The lowest BCUT2D eigenvalue weighted by Gasteiger charge is -2.38. The van der Waals surface area contributed by atoms with Gasteiger partial charge in [0.1, 0.15) is 5.75 Å². The molecule has 2 aliphatic rings. The van der Waals surface area contributed by atoms with Crippen molar-refractivity contribution >= 4 is 22.3 Å². The van der Waals surface area contributed by atoms with Crippen molar-refractivity contribution in [3.05, 3.63) is 48.0 Å². The number of benzene rings is 2. The summed E-state index contributed by atoms with van der Waals surface area (Å²) in [5, 5.41) is 12.1. The Labute approximate surface area is 161 Å². The zero-order valence-corrected chi connectivity index (χ0v) is 16.0. The van der Waals surface area contributed by atoms with E-state index in [4.69, 9.17) is 4.74 Å². The lowest BCUT2D eigenvalue weighted by Crippen LogP contribution is -2.26. The molecular weight excluding hydrogens is 336 g/mol. The molecule has 142 valence electrons. The van der Waals surface area contributed by atoms with E-state index in [0.29, 0.717) is 11.7 Å². The van der Waals surface area contributed by atoms with E-state index in [-0.39, 0.29) is 12.6 Å². The third-order valence-corrected chi connectivity index (χ3v) is 6.21. The van der Waals surface area contributed by atoms with Crippen LogP contribution in [0.15, 0.2) is 42.5 Å². The first kappa shape index (κ1) is 18.2. The van der Waals surface area contributed by atoms with Crippen LogP contribution in [-0.2, 0) is 4.79 Å². The van der Waals surface area contributed by atoms with E-state index in [0.717, 1.165) is 33.7 Å². The van der Waals surface area contributed by atoms with Gasteiger partial charge in [0.15, 0.2) is 0 Å². The minimum atomic E-state index is -0.311. The van der Waals surface area contributed by atoms with Gasteiger partial charge in [0.05, 0.1) is 6.61 Å². The standard InChI is InChI=1S/C24H28O3/c1-16(26)27-24-8-7-20-13-21(5-6-22(20)14-24)23(15-25)12-19-10-17-3-2-4-18(9-17)11-19/h5-8,12-14,17-19,25H,2-4,9-11,15H2,1H3/b23-12-. The van der Waals surface area contributed by atoms with Gasteiger partial charge in [-0.3, -0.25) is 4.79 Å². The molecule has 0 saturated heterocycles. The average Bonchev–Trinajstić information content (AvgIpc) is 2.65. The van der Waals surface area contributed by atoms with Crippen LogP contribution in [-0.4, -0.2) is 17.7 Å². The predicted molar refractivity (Wildman–Crippen MR) is 108 cm³/mol. The summed E-state index contributed by atoms with van der Waals surface area (Å²) in [4.78, 5) is 11.1. The summed E-state index contributed by atoms with van der Waals surface area (Å²) in [7, 11) is 0. The molecule has 0 aromatic heterocycles. The Hall–Kier alpha value is -2.13. The number of rotatable bonds is 4. The summed E-state index contributed by atoms with van der Waals surface area (Å²) in [5.74, 6) is 2.62. The molecule has 27 heavy (non-hydrogen) atoms. The molecule has 3 heteroatoms. The quantitative estimate of drug-likeness (QED) is 0.587. The summed E-state index contributed by atoms with van der Waals surface area (Å²) in [6.07, 6.45) is 10.5. The summed E-state index contributed by atoms with van der Waals surface area (Å²) in [5.41, 5.74) is 2.12. The smallest absolute Gasteiger partial charge is 0.308 e. The highest BCUT2D eigenvalue weighted by atomic mass is 16.5. The van der Waals surface area contributed by atoms with E-state index in [2.05, 4.69) is 18.2 Å². The molecule has 2 atom stereocenters. The van der Waals surface area contributed by atoms with Crippen molar-refractivity contribution in [3.63, 3.8) is 0 Å². The maximum Gasteiger partial charge on any atom is 0.308 e. The molecule has 0 aliphatic heterocycles. The molecule has 0 radical (unpaired) electrons. The number of esters is 1. The second kappa shape index (κ2) is 7.85. The van der Waals surface area contributed by atoms with Crippen LogP contribution < -0.4 is 4.74 Å². The van der Waals surface area contributed by atoms with Crippen LogP contribution >= 0.6 is 0 Å². The van der Waals surface area contributed by atoms with Gasteiger partial charge in [0.25, 0.3) is 0 Å². The summed E-state index contributed by atoms with van der Waals surface area (Å²) < 4.78 is 5.17. The lowest BCUT2D eigenvalue weighted by atomic mass is 9.68. The topological polar surface area (TPSA) is 46.5 Å². The molecule has 0 heterocycles. The maximum absolute atomic E-state index is 11.1. The number of hydrogen-bond acceptors (Lipinski definition) is 3. The fourth-order valence-electron chi connectivity index (χ4n) is 5.10. The van der Waals surface area contributed by atoms with E-state index < -0.39 is 0 Å². The van der Waals surface area contributed by atoms with Crippen molar-refractivity contribution < 1.29 is 14.6 Å². The highest BCUT2D eigenvalue weighted by molar-refractivity contribution is 5.88. The van der Waals surface area contributed by atoms with Gasteiger partial charge in [-0.2, -0.15) is 0 Å². The second-order valence-corrected chi connectivity index (χ2v) is 8.30. The number of fused-ring (bicyclic) bond motifs is 3. The third-order valence-electron chi connectivity index (χ3n) is 6.21. The second-order valence-electron chi connectivity index (χ2n) is 8.30. The number of aliphatic hydroxyl groups excluding tert-OH is 1. The van der Waals surface area contributed by atoms with Gasteiger partial charge in [0.2, 0.25) is 0 Å². The van der Waals surface area contributed by atoms with Crippen LogP contribution in [0.3, 0.4) is 0 Å². The molecule has 2 bridgehead atoms. The molecule has 1 N–H and O–H groups in total. The van der Waals surface area contributed by atoms with Crippen molar-refractivity contribution in [1.29, 1.82) is 0 Å². The Bertz CT molecular complexity index is 855. The van der Waals surface area contributed by atoms with E-state index >= 15 is 0 Å². The van der Waals surface area contributed by atoms with Crippen LogP contribution in [0.2, 0.25) is 0 Å². The highest BCUT2D eigenvalue weighted by Crippen LogP contribution is 2.43. The fourth-order valence-corrected chi connectivity index (χ4v) is 5.10. The van der Waals surface area contributed by atoms with Gasteiger partial charge in [-0.15, -0.1) is 0 Å². The van der Waals surface area contributed by atoms with Gasteiger partial charge >= 0.3 is 5.97 Å². The average molecular weight is 364 g/mol. The molecule has 2 aliphatic carbocycles. The first-order valence-electron chi connectivity index (χ1n) is 10.1. The van der Waals surface area contributed by atoms with Gasteiger partial charge in [0, 0.05) is 6.92 Å². The molecule has 4 rings (SSSR count). The first-order chi connectivity index (χ1) is 13.1. The number of carbonyl (C=O) groups excluding carboxylic acids is 1. The Morgan fingerprint density at radius 1 is 1.07 bits per heavy atom. The minimum Gasteiger partial charge on any atom is -0.427 e. The van der Waals surface area contributed by atoms with Gasteiger partial charge < -0.3 is 9.84 Å². The monoisotopic (exact) mass is 364 g/mol. The Morgan fingerprint density at radius 2 is 1.78 bits per heavy atom. The van der Waals surface area contributed by atoms with Crippen LogP contribution in [0.4, 0.5) is 0 Å². The summed E-state index contributed by atoms with van der Waals surface area (Å²) in [6, 6.07) is 11.9. The van der Waals surface area contributed by atoms with Crippen LogP contribution in [0.1, 0.15) is 51.0 Å². The fraction of sp³-hybridized carbons (Fsp3) is 0.458. The first-order valence-corrected chi connectivity index (χ1v) is 10.1. The Kier molecular flexibility index (Phi) is 5.31. The van der Waals surface area contributed by atoms with Gasteiger partial charge in [-0.25, -0.2) is 0 Å². The number of hydrogen-bond donors (Lipinski definition) is 1. The molecule has 0 amide bonds. The SMILES string of the molecule is CC(=O)Oc1ccc2cc(/C(=C\C3CC4CCCC(C3)C4)CO)ccc2c1. The van der Waals surface area contributed by atoms with Crippen LogP contribution in [0.25, 0.3) is 16.3 Å². The molecular formula is C24H28O3. The number of ether oxygens (including phenoxy) is 1. The van der Waals surface area contributed by atoms with Crippen molar-refractivity contribution in [1.82, 2.24) is 0 Å². The lowest BCUT2D eigenvalue weighted by molar-refractivity contribution is -0.131. The predicted octanol–water partition coefficient (Wildman–Crippen LogP) is 5.36. The van der Waals surface area contributed by atoms with E-state index in [1.807, 2.05) is 24.3 Å². The molecule has 2 aromatic rings. The van der Waals surface area contributed by atoms with Crippen LogP contribution in [0, 0.1) is 17.8 Å². The number of aliphatic hydroxyl groups is 1. The minimum absolute atomic E-state index is 0.0723.